The van der Waals surface area contributed by atoms with Crippen molar-refractivity contribution >= 4 is 17.6 Å². The van der Waals surface area contributed by atoms with Crippen LogP contribution in [0.5, 0.6) is 0 Å². The third-order valence-corrected chi connectivity index (χ3v) is 4.28. The van der Waals surface area contributed by atoms with Crippen LogP contribution in [0.4, 0.5) is 5.69 Å². The average molecular weight is 320 g/mol. The Morgan fingerprint density at radius 1 is 1.26 bits per heavy atom. The van der Waals surface area contributed by atoms with Gasteiger partial charge in [0.1, 0.15) is 0 Å². The maximum Gasteiger partial charge on any atom is 0.309 e. The topological polar surface area (TPSA) is 98.5 Å². The van der Waals surface area contributed by atoms with Gasteiger partial charge in [-0.15, -0.1) is 0 Å². The number of nitro groups is 1. The van der Waals surface area contributed by atoms with Gasteiger partial charge in [-0.05, 0) is 30.9 Å². The van der Waals surface area contributed by atoms with Crippen LogP contribution in [0.15, 0.2) is 24.3 Å². The minimum Gasteiger partial charge on any atom is -0.469 e. The van der Waals surface area contributed by atoms with Crippen LogP contribution in [0, 0.1) is 22.0 Å². The molecule has 1 amide bonds. The molecule has 1 N–H and O–H groups in total. The first kappa shape index (κ1) is 16.9. The summed E-state index contributed by atoms with van der Waals surface area (Å²) in [5.41, 5.74) is 0.306. The lowest BCUT2D eigenvalue weighted by Crippen LogP contribution is -2.37. The third-order valence-electron chi connectivity index (χ3n) is 4.28. The van der Waals surface area contributed by atoms with Crippen LogP contribution in [0.2, 0.25) is 0 Å². The summed E-state index contributed by atoms with van der Waals surface area (Å²) in [5.74, 6) is -0.627. The number of carbonyl (C=O) groups excluding carboxylic acids is 2. The summed E-state index contributed by atoms with van der Waals surface area (Å²) < 4.78 is 4.83. The van der Waals surface area contributed by atoms with Crippen molar-refractivity contribution in [2.75, 3.05) is 13.7 Å². The molecule has 7 heteroatoms. The molecule has 0 radical (unpaired) electrons. The molecule has 0 saturated heterocycles. The number of hydrogen-bond acceptors (Lipinski definition) is 5. The largest absolute Gasteiger partial charge is 0.469 e. The fourth-order valence-electron chi connectivity index (χ4n) is 2.97. The van der Waals surface area contributed by atoms with Gasteiger partial charge >= 0.3 is 5.97 Å². The van der Waals surface area contributed by atoms with E-state index >= 15 is 0 Å². The summed E-state index contributed by atoms with van der Waals surface area (Å²) in [6.45, 7) is 0.398. The molecule has 1 aromatic rings. The summed E-state index contributed by atoms with van der Waals surface area (Å²) in [5, 5.41) is 13.4. The first-order chi connectivity index (χ1) is 11.0. The van der Waals surface area contributed by atoms with Crippen LogP contribution in [0.1, 0.15) is 36.0 Å². The van der Waals surface area contributed by atoms with Crippen molar-refractivity contribution in [3.05, 3.63) is 39.9 Å². The van der Waals surface area contributed by atoms with Gasteiger partial charge in [-0.1, -0.05) is 12.8 Å². The molecule has 1 fully saturated rings. The molecule has 23 heavy (non-hydrogen) atoms. The fraction of sp³-hybridized carbons (Fsp3) is 0.500. The predicted octanol–water partition coefficient (Wildman–Crippen LogP) is 2.30. The summed E-state index contributed by atoms with van der Waals surface area (Å²) >= 11 is 0. The Bertz CT molecular complexity index is 585. The van der Waals surface area contributed by atoms with Crippen LogP contribution in [0.25, 0.3) is 0 Å². The highest BCUT2D eigenvalue weighted by molar-refractivity contribution is 5.94. The molecule has 124 valence electrons. The lowest BCUT2D eigenvalue weighted by molar-refractivity contribution is -0.384. The Morgan fingerprint density at radius 2 is 1.91 bits per heavy atom. The average Bonchev–Trinajstić information content (AvgIpc) is 2.59. The maximum absolute atomic E-state index is 12.1. The number of carbonyl (C=O) groups is 2. The van der Waals surface area contributed by atoms with E-state index in [-0.39, 0.29) is 29.4 Å². The lowest BCUT2D eigenvalue weighted by atomic mass is 9.79. The van der Waals surface area contributed by atoms with Gasteiger partial charge in [0.15, 0.2) is 0 Å². The minimum absolute atomic E-state index is 0.0559. The van der Waals surface area contributed by atoms with Crippen molar-refractivity contribution in [1.82, 2.24) is 5.32 Å². The van der Waals surface area contributed by atoms with E-state index in [4.69, 9.17) is 4.74 Å². The summed E-state index contributed by atoms with van der Waals surface area (Å²) in [4.78, 5) is 34.0. The van der Waals surface area contributed by atoms with Crippen LogP contribution in [0.3, 0.4) is 0 Å². The fourth-order valence-corrected chi connectivity index (χ4v) is 2.97. The lowest BCUT2D eigenvalue weighted by Gasteiger charge is -2.29. The molecule has 0 spiro atoms. The highest BCUT2D eigenvalue weighted by atomic mass is 16.6. The van der Waals surface area contributed by atoms with Crippen molar-refractivity contribution in [2.24, 2.45) is 11.8 Å². The Labute approximate surface area is 134 Å². The molecular formula is C16H20N2O5. The zero-order chi connectivity index (χ0) is 16.8. The molecule has 1 aliphatic carbocycles. The van der Waals surface area contributed by atoms with E-state index in [1.807, 2.05) is 0 Å². The van der Waals surface area contributed by atoms with E-state index < -0.39 is 4.92 Å². The van der Waals surface area contributed by atoms with Crippen molar-refractivity contribution in [3.8, 4) is 0 Å². The first-order valence-electron chi connectivity index (χ1n) is 7.63. The first-order valence-corrected chi connectivity index (χ1v) is 7.63. The number of hydrogen-bond donors (Lipinski definition) is 1. The van der Waals surface area contributed by atoms with Crippen LogP contribution in [-0.2, 0) is 9.53 Å². The molecule has 2 unspecified atom stereocenters. The number of rotatable bonds is 5. The predicted molar refractivity (Wildman–Crippen MR) is 82.9 cm³/mol. The number of amides is 1. The number of esters is 1. The number of benzene rings is 1. The molecule has 0 aliphatic heterocycles. The number of non-ortho nitro benzene ring substituents is 1. The Morgan fingerprint density at radius 3 is 2.52 bits per heavy atom. The van der Waals surface area contributed by atoms with Crippen molar-refractivity contribution in [1.29, 1.82) is 0 Å². The smallest absolute Gasteiger partial charge is 0.309 e. The van der Waals surface area contributed by atoms with Crippen LogP contribution in [-0.4, -0.2) is 30.5 Å². The number of nitrogens with zero attached hydrogens (tertiary/aromatic N) is 1. The highest BCUT2D eigenvalue weighted by Gasteiger charge is 2.31. The normalized spacial score (nSPS) is 20.6. The number of methoxy groups -OCH3 is 1. The van der Waals surface area contributed by atoms with Gasteiger partial charge in [0, 0.05) is 24.2 Å². The monoisotopic (exact) mass is 320 g/mol. The van der Waals surface area contributed by atoms with E-state index in [1.54, 1.807) is 0 Å². The van der Waals surface area contributed by atoms with Gasteiger partial charge in [-0.25, -0.2) is 0 Å². The summed E-state index contributed by atoms with van der Waals surface area (Å²) in [6.07, 6.45) is 3.68. The molecule has 0 aromatic heterocycles. The van der Waals surface area contributed by atoms with E-state index in [0.717, 1.165) is 25.7 Å². The second kappa shape index (κ2) is 7.71. The van der Waals surface area contributed by atoms with Gasteiger partial charge in [0.25, 0.3) is 11.6 Å². The molecule has 2 rings (SSSR count). The number of nitro benzene ring substituents is 1. The van der Waals surface area contributed by atoms with E-state index in [1.165, 1.54) is 31.4 Å². The molecular weight excluding hydrogens is 300 g/mol. The summed E-state index contributed by atoms with van der Waals surface area (Å²) in [7, 11) is 1.38. The Hall–Kier alpha value is -2.44. The zero-order valence-corrected chi connectivity index (χ0v) is 13.0. The van der Waals surface area contributed by atoms with Gasteiger partial charge < -0.3 is 10.1 Å². The molecule has 1 aliphatic rings. The van der Waals surface area contributed by atoms with Crippen molar-refractivity contribution in [2.45, 2.75) is 25.7 Å². The summed E-state index contributed by atoms with van der Waals surface area (Å²) in [6, 6.07) is 5.44. The second-order valence-corrected chi connectivity index (χ2v) is 5.69. The van der Waals surface area contributed by atoms with Gasteiger partial charge in [-0.2, -0.15) is 0 Å². The van der Waals surface area contributed by atoms with Crippen molar-refractivity contribution in [3.63, 3.8) is 0 Å². The Balaban J connectivity index is 1.94. The standard InChI is InChI=1S/C16H20N2O5/c1-23-16(20)14-5-3-2-4-12(14)10-17-15(19)11-6-8-13(9-7-11)18(21)22/h6-9,12,14H,2-5,10H2,1H3,(H,17,19). The van der Waals surface area contributed by atoms with Gasteiger partial charge in [0.2, 0.25) is 0 Å². The van der Waals surface area contributed by atoms with Crippen LogP contribution >= 0.6 is 0 Å². The maximum atomic E-state index is 12.1. The molecule has 7 nitrogen and oxygen atoms in total. The Kier molecular flexibility index (Phi) is 5.67. The third kappa shape index (κ3) is 4.28. The minimum atomic E-state index is -0.509. The molecule has 2 atom stereocenters. The number of ether oxygens (including phenoxy) is 1. The highest BCUT2D eigenvalue weighted by Crippen LogP contribution is 2.30. The number of nitrogens with one attached hydrogen (secondary N) is 1. The molecule has 0 bridgehead atoms. The quantitative estimate of drug-likeness (QED) is 0.510. The van der Waals surface area contributed by atoms with Crippen LogP contribution < -0.4 is 5.32 Å². The van der Waals surface area contributed by atoms with E-state index in [9.17, 15) is 19.7 Å². The van der Waals surface area contributed by atoms with E-state index in [2.05, 4.69) is 5.32 Å². The molecule has 1 aromatic carbocycles. The SMILES string of the molecule is COC(=O)C1CCCCC1CNC(=O)c1ccc([N+](=O)[O-])cc1. The van der Waals surface area contributed by atoms with Crippen molar-refractivity contribution < 1.29 is 19.2 Å². The molecule has 0 heterocycles. The molecule has 1 saturated carbocycles. The zero-order valence-electron chi connectivity index (χ0n) is 13.0. The van der Waals surface area contributed by atoms with E-state index in [0.29, 0.717) is 12.1 Å². The second-order valence-electron chi connectivity index (χ2n) is 5.69. The van der Waals surface area contributed by atoms with Gasteiger partial charge in [0.05, 0.1) is 18.0 Å². The van der Waals surface area contributed by atoms with Gasteiger partial charge in [-0.3, -0.25) is 19.7 Å².